The highest BCUT2D eigenvalue weighted by Crippen LogP contribution is 2.32. The molecule has 3 aromatic rings. The molecule has 0 saturated carbocycles. The van der Waals surface area contributed by atoms with Crippen molar-refractivity contribution in [2.45, 2.75) is 26.3 Å². The van der Waals surface area contributed by atoms with Crippen LogP contribution >= 0.6 is 0 Å². The molecule has 140 valence electrons. The third kappa shape index (κ3) is 3.30. The number of carbonyl (C=O) groups excluding carboxylic acids is 1. The fraction of sp³-hybridized carbons (Fsp3) is 0.286. The van der Waals surface area contributed by atoms with E-state index >= 15 is 0 Å². The molecule has 1 unspecified atom stereocenters. The van der Waals surface area contributed by atoms with E-state index in [0.717, 1.165) is 51.5 Å². The van der Waals surface area contributed by atoms with Crippen molar-refractivity contribution in [3.8, 4) is 11.5 Å². The van der Waals surface area contributed by atoms with Crippen LogP contribution in [0.5, 0.6) is 11.5 Å². The Balaban J connectivity index is 1.48. The summed E-state index contributed by atoms with van der Waals surface area (Å²) in [5.74, 6) is 2.40. The number of furan rings is 1. The van der Waals surface area contributed by atoms with Crippen LogP contribution in [0.3, 0.4) is 0 Å². The second-order valence-electron chi connectivity index (χ2n) is 6.69. The Morgan fingerprint density at radius 1 is 1.22 bits per heavy atom. The summed E-state index contributed by atoms with van der Waals surface area (Å²) in [6.45, 7) is 4.58. The van der Waals surface area contributed by atoms with Gasteiger partial charge in [0.25, 0.3) is 0 Å². The molecule has 0 fully saturated rings. The minimum Gasteiger partial charge on any atom is -0.497 e. The number of amides is 2. The van der Waals surface area contributed by atoms with Crippen molar-refractivity contribution >= 4 is 22.7 Å². The number of urea groups is 1. The number of benzene rings is 2. The molecular weight excluding hydrogens is 344 g/mol. The van der Waals surface area contributed by atoms with Crippen LogP contribution in [0.15, 0.2) is 40.8 Å². The maximum Gasteiger partial charge on any atom is 0.319 e. The topological polar surface area (TPSA) is 72.7 Å². The van der Waals surface area contributed by atoms with Crippen molar-refractivity contribution in [3.63, 3.8) is 0 Å². The predicted octanol–water partition coefficient (Wildman–Crippen LogP) is 4.57. The highest BCUT2D eigenvalue weighted by atomic mass is 16.5. The van der Waals surface area contributed by atoms with Gasteiger partial charge in [-0.15, -0.1) is 0 Å². The van der Waals surface area contributed by atoms with Crippen LogP contribution in [0.4, 0.5) is 10.5 Å². The van der Waals surface area contributed by atoms with Crippen LogP contribution in [0.25, 0.3) is 11.0 Å². The summed E-state index contributed by atoms with van der Waals surface area (Å²) in [7, 11) is 1.64. The number of carbonyl (C=O) groups is 1. The minimum atomic E-state index is -0.279. The zero-order valence-corrected chi connectivity index (χ0v) is 15.6. The normalized spacial score (nSPS) is 13.7. The van der Waals surface area contributed by atoms with Crippen LogP contribution in [0.2, 0.25) is 0 Å². The lowest BCUT2D eigenvalue weighted by Gasteiger charge is -2.14. The smallest absolute Gasteiger partial charge is 0.319 e. The Labute approximate surface area is 157 Å². The second kappa shape index (κ2) is 6.87. The third-order valence-corrected chi connectivity index (χ3v) is 4.87. The molecule has 0 saturated heterocycles. The van der Waals surface area contributed by atoms with Crippen molar-refractivity contribution in [3.05, 3.63) is 53.3 Å². The maximum atomic E-state index is 12.4. The third-order valence-electron chi connectivity index (χ3n) is 4.87. The molecule has 0 aliphatic carbocycles. The summed E-state index contributed by atoms with van der Waals surface area (Å²) in [6.07, 6.45) is 0.866. The van der Waals surface area contributed by atoms with Crippen molar-refractivity contribution < 1.29 is 18.7 Å². The Kier molecular flexibility index (Phi) is 4.39. The fourth-order valence-electron chi connectivity index (χ4n) is 3.45. The van der Waals surface area contributed by atoms with Gasteiger partial charge >= 0.3 is 6.03 Å². The number of hydrogen-bond acceptors (Lipinski definition) is 4. The molecule has 6 heteroatoms. The Bertz CT molecular complexity index is 1010. The summed E-state index contributed by atoms with van der Waals surface area (Å²) in [5.41, 5.74) is 3.63. The lowest BCUT2D eigenvalue weighted by molar-refractivity contribution is 0.248. The van der Waals surface area contributed by atoms with E-state index in [-0.39, 0.29) is 12.1 Å². The van der Waals surface area contributed by atoms with Crippen molar-refractivity contribution in [2.75, 3.05) is 19.0 Å². The van der Waals surface area contributed by atoms with Gasteiger partial charge in [-0.25, -0.2) is 4.79 Å². The highest BCUT2D eigenvalue weighted by Gasteiger charge is 2.19. The van der Waals surface area contributed by atoms with Gasteiger partial charge in [0.15, 0.2) is 0 Å². The van der Waals surface area contributed by atoms with Gasteiger partial charge in [-0.2, -0.15) is 0 Å². The molecule has 0 bridgehead atoms. The van der Waals surface area contributed by atoms with E-state index in [1.54, 1.807) is 7.11 Å². The van der Waals surface area contributed by atoms with E-state index in [0.29, 0.717) is 6.61 Å². The molecular formula is C21H22N2O4. The number of nitrogens with one attached hydrogen (secondary N) is 2. The van der Waals surface area contributed by atoms with Crippen molar-refractivity contribution in [1.82, 2.24) is 5.32 Å². The van der Waals surface area contributed by atoms with Crippen LogP contribution in [-0.2, 0) is 6.42 Å². The van der Waals surface area contributed by atoms with E-state index in [1.165, 1.54) is 0 Å². The average molecular weight is 366 g/mol. The molecule has 1 aliphatic heterocycles. The standard InChI is InChI=1S/C21H22N2O4/c1-12-17-11-16(25-3)5-7-19(17)27-20(12)13(2)22-21(24)23-15-4-6-18-14(10-15)8-9-26-18/h4-7,10-11,13H,8-9H2,1-3H3,(H2,22,23,24). The molecule has 1 atom stereocenters. The van der Waals surface area contributed by atoms with E-state index in [9.17, 15) is 4.79 Å². The van der Waals surface area contributed by atoms with E-state index in [1.807, 2.05) is 50.2 Å². The molecule has 2 aromatic carbocycles. The van der Waals surface area contributed by atoms with E-state index < -0.39 is 0 Å². The molecule has 2 heterocycles. The first-order chi connectivity index (χ1) is 13.0. The fourth-order valence-corrected chi connectivity index (χ4v) is 3.45. The number of hydrogen-bond donors (Lipinski definition) is 2. The number of fused-ring (bicyclic) bond motifs is 2. The van der Waals surface area contributed by atoms with E-state index in [4.69, 9.17) is 13.9 Å². The molecule has 2 N–H and O–H groups in total. The second-order valence-corrected chi connectivity index (χ2v) is 6.69. The number of aryl methyl sites for hydroxylation is 1. The van der Waals surface area contributed by atoms with Crippen LogP contribution in [0.1, 0.15) is 29.9 Å². The SMILES string of the molecule is COc1ccc2oc(C(C)NC(=O)Nc3ccc4c(c3)CCO4)c(C)c2c1. The lowest BCUT2D eigenvalue weighted by Crippen LogP contribution is -2.31. The monoisotopic (exact) mass is 366 g/mol. The van der Waals surface area contributed by atoms with Crippen LogP contribution < -0.4 is 20.1 Å². The number of anilines is 1. The van der Waals surface area contributed by atoms with Gasteiger partial charge < -0.3 is 24.5 Å². The summed E-state index contributed by atoms with van der Waals surface area (Å²) < 4.78 is 16.7. The quantitative estimate of drug-likeness (QED) is 0.709. The van der Waals surface area contributed by atoms with Gasteiger partial charge in [0.1, 0.15) is 22.8 Å². The number of methoxy groups -OCH3 is 1. The highest BCUT2D eigenvalue weighted by molar-refractivity contribution is 5.90. The van der Waals surface area contributed by atoms with Crippen molar-refractivity contribution in [1.29, 1.82) is 0 Å². The van der Waals surface area contributed by atoms with Gasteiger partial charge in [-0.3, -0.25) is 0 Å². The van der Waals surface area contributed by atoms with Crippen molar-refractivity contribution in [2.24, 2.45) is 0 Å². The largest absolute Gasteiger partial charge is 0.497 e. The van der Waals surface area contributed by atoms with Gasteiger partial charge in [-0.1, -0.05) is 0 Å². The zero-order chi connectivity index (χ0) is 19.0. The van der Waals surface area contributed by atoms with Crippen LogP contribution in [0, 0.1) is 6.92 Å². The maximum absolute atomic E-state index is 12.4. The summed E-state index contributed by atoms with van der Waals surface area (Å²) in [5, 5.41) is 6.80. The van der Waals surface area contributed by atoms with Gasteiger partial charge in [0.05, 0.1) is 19.8 Å². The summed E-state index contributed by atoms with van der Waals surface area (Å²) >= 11 is 0. The zero-order valence-electron chi connectivity index (χ0n) is 15.6. The molecule has 2 amide bonds. The van der Waals surface area contributed by atoms with Gasteiger partial charge in [-0.05, 0) is 55.8 Å². The lowest BCUT2D eigenvalue weighted by atomic mass is 10.1. The predicted molar refractivity (Wildman–Crippen MR) is 104 cm³/mol. The first-order valence-electron chi connectivity index (χ1n) is 8.95. The Morgan fingerprint density at radius 3 is 2.89 bits per heavy atom. The first kappa shape index (κ1) is 17.3. The minimum absolute atomic E-state index is 0.277. The summed E-state index contributed by atoms with van der Waals surface area (Å²) in [4.78, 5) is 12.4. The number of rotatable bonds is 4. The van der Waals surface area contributed by atoms with E-state index in [2.05, 4.69) is 10.6 Å². The number of ether oxygens (including phenoxy) is 2. The average Bonchev–Trinajstić information content (AvgIpc) is 3.25. The molecule has 0 radical (unpaired) electrons. The Hall–Kier alpha value is -3.15. The van der Waals surface area contributed by atoms with Crippen LogP contribution in [-0.4, -0.2) is 19.7 Å². The van der Waals surface area contributed by atoms with Gasteiger partial charge in [0, 0.05) is 23.1 Å². The molecule has 1 aromatic heterocycles. The molecule has 1 aliphatic rings. The van der Waals surface area contributed by atoms with Gasteiger partial charge in [0.2, 0.25) is 0 Å². The Morgan fingerprint density at radius 2 is 2.07 bits per heavy atom. The first-order valence-corrected chi connectivity index (χ1v) is 8.95. The molecule has 4 rings (SSSR count). The summed E-state index contributed by atoms with van der Waals surface area (Å²) in [6, 6.07) is 10.8. The molecule has 6 nitrogen and oxygen atoms in total. The molecule has 0 spiro atoms. The molecule has 27 heavy (non-hydrogen) atoms.